The van der Waals surface area contributed by atoms with Gasteiger partial charge in [0.25, 0.3) is 0 Å². The van der Waals surface area contributed by atoms with E-state index in [0.717, 1.165) is 48.2 Å². The zero-order valence-electron chi connectivity index (χ0n) is 20.7. The molecule has 0 aliphatic heterocycles. The van der Waals surface area contributed by atoms with E-state index in [9.17, 15) is 0 Å². The van der Waals surface area contributed by atoms with Crippen LogP contribution >= 0.6 is 0 Å². The van der Waals surface area contributed by atoms with Crippen LogP contribution in [0.2, 0.25) is 0 Å². The van der Waals surface area contributed by atoms with Crippen LogP contribution in [0.3, 0.4) is 0 Å². The maximum Gasteiger partial charge on any atom is 0.231 e. The number of nitrogens with one attached hydrogen (secondary N) is 1. The Balaban J connectivity index is 1.62. The number of benzene rings is 1. The van der Waals surface area contributed by atoms with E-state index in [4.69, 9.17) is 19.6 Å². The number of unbranched alkanes of at least 4 members (excludes halogenated alkanes) is 1. The van der Waals surface area contributed by atoms with Crippen molar-refractivity contribution in [1.82, 2.24) is 40.4 Å². The van der Waals surface area contributed by atoms with E-state index < -0.39 is 5.79 Å². The quantitative estimate of drug-likeness (QED) is 0.303. The van der Waals surface area contributed by atoms with Gasteiger partial charge in [0.05, 0.1) is 6.54 Å². The highest BCUT2D eigenvalue weighted by Gasteiger charge is 2.36. The summed E-state index contributed by atoms with van der Waals surface area (Å²) < 4.78 is 13.5. The number of pyridine rings is 1. The lowest BCUT2D eigenvalue weighted by Gasteiger charge is -2.27. The summed E-state index contributed by atoms with van der Waals surface area (Å²) in [4.78, 5) is 9.31. The highest BCUT2D eigenvalue weighted by Crippen LogP contribution is 2.30. The minimum atomic E-state index is -0.934. The molecule has 1 aromatic carbocycles. The van der Waals surface area contributed by atoms with E-state index in [2.05, 4.69) is 63.7 Å². The van der Waals surface area contributed by atoms with Crippen LogP contribution in [0.25, 0.3) is 22.6 Å². The van der Waals surface area contributed by atoms with Gasteiger partial charge in [-0.05, 0) is 28.8 Å². The second-order valence-electron chi connectivity index (χ2n) is 8.36. The van der Waals surface area contributed by atoms with Crippen molar-refractivity contribution in [3.8, 4) is 22.6 Å². The predicted octanol–water partition coefficient (Wildman–Crippen LogP) is 4.16. The second kappa shape index (κ2) is 11.3. The fourth-order valence-corrected chi connectivity index (χ4v) is 4.13. The summed E-state index contributed by atoms with van der Waals surface area (Å²) in [7, 11) is 3.29. The van der Waals surface area contributed by atoms with Gasteiger partial charge in [-0.1, -0.05) is 57.0 Å². The third-order valence-electron chi connectivity index (χ3n) is 6.04. The third kappa shape index (κ3) is 5.28. The second-order valence-corrected chi connectivity index (χ2v) is 8.36. The van der Waals surface area contributed by atoms with Gasteiger partial charge in [-0.15, -0.1) is 15.3 Å². The Hall–Kier alpha value is -3.50. The molecule has 0 aliphatic rings. The van der Waals surface area contributed by atoms with Gasteiger partial charge in [-0.2, -0.15) is 5.21 Å². The summed E-state index contributed by atoms with van der Waals surface area (Å²) in [6.07, 6.45) is 6.27. The fourth-order valence-electron chi connectivity index (χ4n) is 4.13. The van der Waals surface area contributed by atoms with Gasteiger partial charge < -0.3 is 9.47 Å². The zero-order valence-corrected chi connectivity index (χ0v) is 20.7. The molecule has 184 valence electrons. The first-order valence-electron chi connectivity index (χ1n) is 12.0. The van der Waals surface area contributed by atoms with Crippen LogP contribution in [0.1, 0.15) is 56.7 Å². The Morgan fingerprint density at radius 2 is 1.83 bits per heavy atom. The fraction of sp³-hybridized carbons (Fsp3) is 0.440. The Bertz CT molecular complexity index is 1200. The molecule has 0 fully saturated rings. The first kappa shape index (κ1) is 24.6. The number of methoxy groups -OCH3 is 2. The molecule has 0 radical (unpaired) electrons. The lowest BCUT2D eigenvalue weighted by Crippen LogP contribution is -2.32. The molecular weight excluding hydrogens is 444 g/mol. The molecule has 0 aliphatic carbocycles. The molecule has 4 aromatic rings. The number of hydrogen-bond acceptors (Lipinski definition) is 8. The molecule has 0 amide bonds. The average molecular weight is 477 g/mol. The summed E-state index contributed by atoms with van der Waals surface area (Å²) in [6, 6.07) is 12.2. The van der Waals surface area contributed by atoms with E-state index in [1.807, 2.05) is 16.8 Å². The van der Waals surface area contributed by atoms with Crippen LogP contribution in [0, 0.1) is 0 Å². The molecule has 0 atom stereocenters. The number of ether oxygens (including phenoxy) is 2. The van der Waals surface area contributed by atoms with Crippen molar-refractivity contribution in [1.29, 1.82) is 0 Å². The summed E-state index contributed by atoms with van der Waals surface area (Å²) in [5.74, 6) is 1.04. The van der Waals surface area contributed by atoms with Gasteiger partial charge in [0.2, 0.25) is 17.4 Å². The van der Waals surface area contributed by atoms with Gasteiger partial charge in [0.1, 0.15) is 11.5 Å². The van der Waals surface area contributed by atoms with Crippen molar-refractivity contribution >= 4 is 0 Å². The lowest BCUT2D eigenvalue weighted by molar-refractivity contribution is -0.225. The number of aromatic amines is 1. The first-order valence-corrected chi connectivity index (χ1v) is 12.0. The van der Waals surface area contributed by atoms with Crippen LogP contribution in [0.5, 0.6) is 0 Å². The van der Waals surface area contributed by atoms with Gasteiger partial charge in [0.15, 0.2) is 0 Å². The third-order valence-corrected chi connectivity index (χ3v) is 6.04. The number of aromatic nitrogens is 8. The molecule has 0 spiro atoms. The minimum absolute atomic E-state index is 0.465. The Labute approximate surface area is 205 Å². The Kier molecular flexibility index (Phi) is 7.94. The maximum atomic E-state index is 5.76. The van der Waals surface area contributed by atoms with Crippen molar-refractivity contribution in [2.75, 3.05) is 14.2 Å². The summed E-state index contributed by atoms with van der Waals surface area (Å²) in [5.41, 5.74) is 3.76. The molecule has 0 unspecified atom stereocenters. The lowest BCUT2D eigenvalue weighted by atomic mass is 10.0. The molecule has 4 rings (SSSR count). The molecule has 1 N–H and O–H groups in total. The molecule has 3 heterocycles. The van der Waals surface area contributed by atoms with Crippen LogP contribution in [-0.2, 0) is 28.2 Å². The van der Waals surface area contributed by atoms with Gasteiger partial charge >= 0.3 is 0 Å². The topological polar surface area (TPSA) is 117 Å². The number of tetrazole rings is 1. The monoisotopic (exact) mass is 476 g/mol. The molecule has 0 saturated carbocycles. The molecule has 35 heavy (non-hydrogen) atoms. The number of aryl methyl sites for hydroxylation is 1. The van der Waals surface area contributed by atoms with Crippen molar-refractivity contribution < 1.29 is 9.47 Å². The standard InChI is InChI=1S/C25H32N8O2/c1-5-7-10-21-27-24(25(34-3,35-4)15-6-2)30-33(21)17-18-11-13-19(14-12-18)20-9-8-16-26-22(20)23-28-31-32-29-23/h8-9,11-14,16H,5-7,10,15,17H2,1-4H3,(H,28,29,31,32). The largest absolute Gasteiger partial charge is 0.347 e. The number of H-pyrrole nitrogens is 1. The van der Waals surface area contributed by atoms with E-state index in [1.54, 1.807) is 20.4 Å². The zero-order chi connectivity index (χ0) is 24.7. The normalized spacial score (nSPS) is 11.8. The van der Waals surface area contributed by atoms with Crippen molar-refractivity contribution in [2.24, 2.45) is 0 Å². The number of hydrogen-bond donors (Lipinski definition) is 1. The summed E-state index contributed by atoms with van der Waals surface area (Å²) >= 11 is 0. The van der Waals surface area contributed by atoms with Crippen LogP contribution in [0.15, 0.2) is 42.6 Å². The van der Waals surface area contributed by atoms with Crippen LogP contribution in [0.4, 0.5) is 0 Å². The Morgan fingerprint density at radius 3 is 2.49 bits per heavy atom. The molecule has 0 saturated heterocycles. The molecular formula is C25H32N8O2. The predicted molar refractivity (Wildman–Crippen MR) is 131 cm³/mol. The molecule has 3 aromatic heterocycles. The smallest absolute Gasteiger partial charge is 0.231 e. The van der Waals surface area contributed by atoms with Crippen LogP contribution < -0.4 is 0 Å². The van der Waals surface area contributed by atoms with E-state index in [-0.39, 0.29) is 0 Å². The van der Waals surface area contributed by atoms with E-state index >= 15 is 0 Å². The van der Waals surface area contributed by atoms with Crippen molar-refractivity contribution in [3.63, 3.8) is 0 Å². The summed E-state index contributed by atoms with van der Waals surface area (Å²) in [6.45, 7) is 4.87. The number of nitrogens with zero attached hydrogens (tertiary/aromatic N) is 7. The minimum Gasteiger partial charge on any atom is -0.347 e. The molecule has 10 heteroatoms. The molecule has 10 nitrogen and oxygen atoms in total. The Morgan fingerprint density at radius 1 is 1.03 bits per heavy atom. The van der Waals surface area contributed by atoms with Crippen LogP contribution in [-0.4, -0.2) is 54.6 Å². The maximum absolute atomic E-state index is 5.76. The SMILES string of the molecule is CCCCc1nc(C(CCC)(OC)OC)nn1Cc1ccc(-c2cccnc2-c2nn[nH]n2)cc1. The average Bonchev–Trinajstić information content (AvgIpc) is 3.57. The first-order chi connectivity index (χ1) is 17.1. The number of rotatable bonds is 12. The van der Waals surface area contributed by atoms with Gasteiger partial charge in [-0.3, -0.25) is 4.98 Å². The van der Waals surface area contributed by atoms with Gasteiger partial charge in [-0.25, -0.2) is 9.67 Å². The highest BCUT2D eigenvalue weighted by molar-refractivity contribution is 5.77. The van der Waals surface area contributed by atoms with Crippen molar-refractivity contribution in [3.05, 3.63) is 59.8 Å². The van der Waals surface area contributed by atoms with Crippen molar-refractivity contribution in [2.45, 2.75) is 58.3 Å². The van der Waals surface area contributed by atoms with E-state index in [0.29, 0.717) is 30.3 Å². The van der Waals surface area contributed by atoms with E-state index in [1.165, 1.54) is 0 Å². The highest BCUT2D eigenvalue weighted by atomic mass is 16.7. The summed E-state index contributed by atoms with van der Waals surface area (Å²) in [5, 5.41) is 19.1. The van der Waals surface area contributed by atoms with Gasteiger partial charge in [0, 0.05) is 38.8 Å². The molecule has 0 bridgehead atoms.